The Labute approximate surface area is 161 Å². The maximum absolute atomic E-state index is 12.8. The van der Waals surface area contributed by atoms with Gasteiger partial charge in [0.25, 0.3) is 5.69 Å². The lowest BCUT2D eigenvalue weighted by Gasteiger charge is -2.16. The van der Waals surface area contributed by atoms with Gasteiger partial charge < -0.3 is 9.73 Å². The summed E-state index contributed by atoms with van der Waals surface area (Å²) in [5.74, 6) is 0.385. The smallest absolute Gasteiger partial charge is 0.293 e. The van der Waals surface area contributed by atoms with E-state index in [1.807, 2.05) is 30.3 Å². The monoisotopic (exact) mass is 402 g/mol. The summed E-state index contributed by atoms with van der Waals surface area (Å²) in [6, 6.07) is 12.9. The highest BCUT2D eigenvalue weighted by molar-refractivity contribution is 7.89. The molecular formula is C18H18N4O5S. The van der Waals surface area contributed by atoms with Gasteiger partial charge in [0.1, 0.15) is 12.0 Å². The number of nitro benzene ring substituents is 1. The molecule has 1 heterocycles. The third-order valence-electron chi connectivity index (χ3n) is 4.10. The van der Waals surface area contributed by atoms with Crippen molar-refractivity contribution in [2.45, 2.75) is 11.4 Å². The molecule has 0 saturated carbocycles. The number of benzene rings is 2. The standard InChI is InChI=1S/C18H18N4O5S/c1-19-16-9-8-15(10-17(16)22(23)24)28(25,26)21(2)11-14-12-27-18(20-14)13-6-4-3-5-7-13/h3-10,12,19H,11H2,1-2H3. The van der Waals surface area contributed by atoms with Crippen LogP contribution in [0.25, 0.3) is 11.5 Å². The van der Waals surface area contributed by atoms with Gasteiger partial charge in [-0.3, -0.25) is 10.1 Å². The summed E-state index contributed by atoms with van der Waals surface area (Å²) >= 11 is 0. The molecule has 0 aliphatic rings. The molecule has 2 aromatic carbocycles. The van der Waals surface area contributed by atoms with Crippen molar-refractivity contribution in [2.75, 3.05) is 19.4 Å². The Bertz CT molecular complexity index is 1100. The Kier molecular flexibility index (Phi) is 5.43. The van der Waals surface area contributed by atoms with Gasteiger partial charge >= 0.3 is 0 Å². The van der Waals surface area contributed by atoms with Crippen molar-refractivity contribution in [1.82, 2.24) is 9.29 Å². The number of oxazole rings is 1. The third kappa shape index (κ3) is 3.87. The van der Waals surface area contributed by atoms with E-state index in [0.29, 0.717) is 11.6 Å². The highest BCUT2D eigenvalue weighted by atomic mass is 32.2. The molecule has 10 heteroatoms. The van der Waals surface area contributed by atoms with Crippen molar-refractivity contribution < 1.29 is 17.8 Å². The van der Waals surface area contributed by atoms with Crippen LogP contribution in [-0.4, -0.2) is 36.7 Å². The van der Waals surface area contributed by atoms with Gasteiger partial charge in [-0.25, -0.2) is 13.4 Å². The number of hydrogen-bond acceptors (Lipinski definition) is 7. The van der Waals surface area contributed by atoms with E-state index in [9.17, 15) is 18.5 Å². The topological polar surface area (TPSA) is 119 Å². The average Bonchev–Trinajstić information content (AvgIpc) is 3.16. The maximum atomic E-state index is 12.8. The first-order valence-electron chi connectivity index (χ1n) is 8.25. The lowest BCUT2D eigenvalue weighted by atomic mass is 10.2. The van der Waals surface area contributed by atoms with Crippen LogP contribution >= 0.6 is 0 Å². The largest absolute Gasteiger partial charge is 0.444 e. The molecular weight excluding hydrogens is 384 g/mol. The number of nitrogens with zero attached hydrogens (tertiary/aromatic N) is 3. The number of hydrogen-bond donors (Lipinski definition) is 1. The lowest BCUT2D eigenvalue weighted by Crippen LogP contribution is -2.26. The van der Waals surface area contributed by atoms with Gasteiger partial charge in [0.2, 0.25) is 15.9 Å². The van der Waals surface area contributed by atoms with Crippen LogP contribution in [0.15, 0.2) is 64.1 Å². The van der Waals surface area contributed by atoms with Gasteiger partial charge in [-0.05, 0) is 24.3 Å². The SMILES string of the molecule is CNc1ccc(S(=O)(=O)N(C)Cc2coc(-c3ccccc3)n2)cc1[N+](=O)[O-]. The Morgan fingerprint density at radius 2 is 1.93 bits per heavy atom. The van der Waals surface area contributed by atoms with Crippen molar-refractivity contribution in [3.63, 3.8) is 0 Å². The summed E-state index contributed by atoms with van der Waals surface area (Å²) in [4.78, 5) is 14.7. The number of aromatic nitrogens is 1. The molecule has 28 heavy (non-hydrogen) atoms. The molecule has 0 amide bonds. The van der Waals surface area contributed by atoms with Crippen LogP contribution in [0.2, 0.25) is 0 Å². The molecule has 0 unspecified atom stereocenters. The van der Waals surface area contributed by atoms with Crippen LogP contribution in [0, 0.1) is 10.1 Å². The van der Waals surface area contributed by atoms with Gasteiger partial charge in [0.05, 0.1) is 22.1 Å². The molecule has 3 aromatic rings. The molecule has 3 rings (SSSR count). The molecule has 0 bridgehead atoms. The highest BCUT2D eigenvalue weighted by Crippen LogP contribution is 2.29. The minimum Gasteiger partial charge on any atom is -0.444 e. The first-order valence-corrected chi connectivity index (χ1v) is 9.69. The van der Waals surface area contributed by atoms with Crippen LogP contribution in [0.4, 0.5) is 11.4 Å². The molecule has 1 N–H and O–H groups in total. The van der Waals surface area contributed by atoms with Crippen molar-refractivity contribution in [3.05, 3.63) is 70.6 Å². The van der Waals surface area contributed by atoms with Gasteiger partial charge in [0.15, 0.2) is 0 Å². The van der Waals surface area contributed by atoms with Crippen molar-refractivity contribution in [2.24, 2.45) is 0 Å². The fourth-order valence-electron chi connectivity index (χ4n) is 2.62. The van der Waals surface area contributed by atoms with Crippen molar-refractivity contribution in [1.29, 1.82) is 0 Å². The molecule has 0 aliphatic heterocycles. The predicted octanol–water partition coefficient (Wildman–Crippen LogP) is 3.11. The summed E-state index contributed by atoms with van der Waals surface area (Å²) in [7, 11) is -1.05. The molecule has 0 fully saturated rings. The quantitative estimate of drug-likeness (QED) is 0.476. The summed E-state index contributed by atoms with van der Waals surface area (Å²) in [5, 5.41) is 13.9. The Balaban J connectivity index is 1.84. The molecule has 0 spiro atoms. The average molecular weight is 402 g/mol. The molecule has 146 valence electrons. The van der Waals surface area contributed by atoms with E-state index in [1.165, 1.54) is 32.5 Å². The van der Waals surface area contributed by atoms with Crippen molar-refractivity contribution in [3.8, 4) is 11.5 Å². The third-order valence-corrected chi connectivity index (χ3v) is 5.90. The van der Waals surface area contributed by atoms with E-state index in [1.54, 1.807) is 0 Å². The summed E-state index contributed by atoms with van der Waals surface area (Å²) in [6.07, 6.45) is 1.39. The summed E-state index contributed by atoms with van der Waals surface area (Å²) < 4.78 is 32.1. The highest BCUT2D eigenvalue weighted by Gasteiger charge is 2.26. The number of anilines is 1. The van der Waals surface area contributed by atoms with Gasteiger partial charge in [-0.1, -0.05) is 18.2 Å². The second-order valence-electron chi connectivity index (χ2n) is 5.96. The molecule has 0 atom stereocenters. The zero-order chi connectivity index (χ0) is 20.3. The molecule has 0 aliphatic carbocycles. The van der Waals surface area contributed by atoms with Crippen molar-refractivity contribution >= 4 is 21.4 Å². The Hall–Kier alpha value is -3.24. The first-order chi connectivity index (χ1) is 13.3. The van der Waals surface area contributed by atoms with Gasteiger partial charge in [-0.15, -0.1) is 0 Å². The predicted molar refractivity (Wildman–Crippen MR) is 103 cm³/mol. The van der Waals surface area contributed by atoms with Gasteiger partial charge in [0, 0.05) is 25.7 Å². The first kappa shape index (κ1) is 19.5. The van der Waals surface area contributed by atoms with E-state index < -0.39 is 14.9 Å². The molecule has 0 saturated heterocycles. The van der Waals surface area contributed by atoms with E-state index >= 15 is 0 Å². The number of nitro groups is 1. The molecule has 1 aromatic heterocycles. The molecule has 9 nitrogen and oxygen atoms in total. The number of nitrogens with one attached hydrogen (secondary N) is 1. The lowest BCUT2D eigenvalue weighted by molar-refractivity contribution is -0.384. The Morgan fingerprint density at radius 1 is 1.21 bits per heavy atom. The fourth-order valence-corrected chi connectivity index (χ4v) is 3.78. The zero-order valence-electron chi connectivity index (χ0n) is 15.2. The van der Waals surface area contributed by atoms with Crippen LogP contribution in [0.3, 0.4) is 0 Å². The van der Waals surface area contributed by atoms with E-state index in [0.717, 1.165) is 15.9 Å². The number of rotatable bonds is 7. The van der Waals surface area contributed by atoms with Crippen LogP contribution in [-0.2, 0) is 16.6 Å². The van der Waals surface area contributed by atoms with Gasteiger partial charge in [-0.2, -0.15) is 4.31 Å². The minimum absolute atomic E-state index is 0.0414. The second kappa shape index (κ2) is 7.79. The summed E-state index contributed by atoms with van der Waals surface area (Å²) in [5.41, 5.74) is 1.11. The number of sulfonamides is 1. The van der Waals surface area contributed by atoms with E-state index in [2.05, 4.69) is 10.3 Å². The second-order valence-corrected chi connectivity index (χ2v) is 8.00. The fraction of sp³-hybridized carbons (Fsp3) is 0.167. The normalized spacial score (nSPS) is 11.5. The van der Waals surface area contributed by atoms with Crippen LogP contribution < -0.4 is 5.32 Å². The van der Waals surface area contributed by atoms with Crippen LogP contribution in [0.1, 0.15) is 5.69 Å². The zero-order valence-corrected chi connectivity index (χ0v) is 16.0. The Morgan fingerprint density at radius 3 is 2.57 bits per heavy atom. The van der Waals surface area contributed by atoms with E-state index in [4.69, 9.17) is 4.42 Å². The summed E-state index contributed by atoms with van der Waals surface area (Å²) in [6.45, 7) is -0.0414. The maximum Gasteiger partial charge on any atom is 0.293 e. The van der Waals surface area contributed by atoms with E-state index in [-0.39, 0.29) is 22.8 Å². The minimum atomic E-state index is -3.95. The molecule has 0 radical (unpaired) electrons. The van der Waals surface area contributed by atoms with Crippen LogP contribution in [0.5, 0.6) is 0 Å².